The third kappa shape index (κ3) is 53.6. The Bertz CT molecular complexity index is 60.4. The SMILES string of the molecule is CC(O)CC(C)O.[CH+]=O.[CH+]=O.[Rh]. The van der Waals surface area contributed by atoms with Crippen LogP contribution in [0.4, 0.5) is 0 Å². The van der Waals surface area contributed by atoms with E-state index in [0.29, 0.717) is 6.42 Å². The normalized spacial score (nSPS) is 11.5. The van der Waals surface area contributed by atoms with Crippen molar-refractivity contribution in [3.63, 3.8) is 0 Å². The Labute approximate surface area is 85.7 Å². The van der Waals surface area contributed by atoms with E-state index in [9.17, 15) is 0 Å². The zero-order valence-electron chi connectivity index (χ0n) is 7.06. The van der Waals surface area contributed by atoms with E-state index in [1.165, 1.54) is 0 Å². The van der Waals surface area contributed by atoms with Gasteiger partial charge in [-0.2, -0.15) is 0 Å². The molecule has 4 nitrogen and oxygen atoms in total. The van der Waals surface area contributed by atoms with Crippen LogP contribution in [0.1, 0.15) is 20.3 Å². The minimum Gasteiger partial charge on any atom is -0.393 e. The predicted octanol–water partition coefficient (Wildman–Crippen LogP) is -0.413. The maximum Gasteiger partial charge on any atom is 0.490 e. The summed E-state index contributed by atoms with van der Waals surface area (Å²) in [5.74, 6) is 0. The van der Waals surface area contributed by atoms with E-state index < -0.39 is 0 Å². The van der Waals surface area contributed by atoms with Gasteiger partial charge in [-0.05, 0) is 20.3 Å². The van der Waals surface area contributed by atoms with Crippen molar-refractivity contribution in [2.75, 3.05) is 0 Å². The molecule has 0 amide bonds. The summed E-state index contributed by atoms with van der Waals surface area (Å²) in [6.07, 6.45) is -0.278. The first-order valence-corrected chi connectivity index (χ1v) is 2.96. The molecule has 2 N–H and O–H groups in total. The topological polar surface area (TPSA) is 74.6 Å². The fraction of sp³-hybridized carbons (Fsp3) is 0.714. The maximum atomic E-state index is 8.56. The van der Waals surface area contributed by atoms with E-state index in [-0.39, 0.29) is 31.7 Å². The van der Waals surface area contributed by atoms with Crippen LogP contribution in [0.5, 0.6) is 0 Å². The zero-order valence-corrected chi connectivity index (χ0v) is 8.70. The Morgan fingerprint density at radius 1 is 1.00 bits per heavy atom. The van der Waals surface area contributed by atoms with Gasteiger partial charge in [-0.25, -0.2) is 0 Å². The number of rotatable bonds is 2. The second-order valence-corrected chi connectivity index (χ2v) is 1.93. The summed E-state index contributed by atoms with van der Waals surface area (Å²) in [4.78, 5) is 15.5. The first kappa shape index (κ1) is 22.6. The molecule has 1 radical (unpaired) electrons. The maximum absolute atomic E-state index is 8.56. The second kappa shape index (κ2) is 22.4. The average molecular weight is 265 g/mol. The van der Waals surface area contributed by atoms with Crippen molar-refractivity contribution in [3.8, 4) is 0 Å². The molecule has 0 aliphatic carbocycles. The van der Waals surface area contributed by atoms with Crippen LogP contribution >= 0.6 is 0 Å². The van der Waals surface area contributed by atoms with Gasteiger partial charge >= 0.3 is 13.6 Å². The van der Waals surface area contributed by atoms with Gasteiger partial charge in [-0.15, -0.1) is 0 Å². The van der Waals surface area contributed by atoms with Gasteiger partial charge in [0.1, 0.15) is 0 Å². The zero-order chi connectivity index (χ0) is 9.86. The molecule has 0 rings (SSSR count). The number of aliphatic hydroxyl groups is 2. The molecular weight excluding hydrogens is 251 g/mol. The van der Waals surface area contributed by atoms with Crippen molar-refractivity contribution in [2.45, 2.75) is 32.5 Å². The van der Waals surface area contributed by atoms with Crippen LogP contribution in [0.2, 0.25) is 0 Å². The van der Waals surface area contributed by atoms with Crippen LogP contribution in [-0.2, 0) is 29.1 Å². The van der Waals surface area contributed by atoms with Gasteiger partial charge in [0.15, 0.2) is 0 Å². The first-order chi connectivity index (χ1) is 5.13. The minimum atomic E-state index is -0.375. The smallest absolute Gasteiger partial charge is 0.393 e. The Kier molecular flexibility index (Phi) is 42.2. The van der Waals surface area contributed by atoms with E-state index in [4.69, 9.17) is 19.8 Å². The van der Waals surface area contributed by atoms with Crippen molar-refractivity contribution in [1.29, 1.82) is 0 Å². The van der Waals surface area contributed by atoms with Gasteiger partial charge < -0.3 is 10.2 Å². The number of hydrogen-bond acceptors (Lipinski definition) is 4. The van der Waals surface area contributed by atoms with Gasteiger partial charge in [0, 0.05) is 29.1 Å². The molecule has 0 aromatic heterocycles. The molecule has 0 bridgehead atoms. The molecule has 0 fully saturated rings. The molecule has 0 aliphatic heterocycles. The fourth-order valence-electron chi connectivity index (χ4n) is 0.494. The molecule has 2 unspecified atom stereocenters. The summed E-state index contributed by atoms with van der Waals surface area (Å²) in [5.41, 5.74) is 0. The van der Waals surface area contributed by atoms with Gasteiger partial charge in [0.25, 0.3) is 0 Å². The van der Waals surface area contributed by atoms with Gasteiger partial charge in [0.2, 0.25) is 0 Å². The summed E-state index contributed by atoms with van der Waals surface area (Å²) in [6.45, 7) is 9.82. The molecule has 0 saturated carbocycles. The number of hydrogen-bond donors (Lipinski definition) is 2. The molecule has 0 aliphatic rings. The van der Waals surface area contributed by atoms with Gasteiger partial charge in [-0.1, -0.05) is 0 Å². The molecule has 0 aromatic rings. The number of carbonyl (C=O) groups excluding carboxylic acids is 2. The fourth-order valence-corrected chi connectivity index (χ4v) is 0.494. The van der Waals surface area contributed by atoms with Crippen molar-refractivity contribution in [1.82, 2.24) is 0 Å². The van der Waals surface area contributed by atoms with Crippen molar-refractivity contribution >= 4 is 13.6 Å². The monoisotopic (exact) mass is 265 g/mol. The van der Waals surface area contributed by atoms with Crippen molar-refractivity contribution in [2.24, 2.45) is 0 Å². The molecular formula is C7H14O4Rh+2. The van der Waals surface area contributed by atoms with E-state index in [0.717, 1.165) is 0 Å². The molecule has 0 aromatic carbocycles. The van der Waals surface area contributed by atoms with Crippen LogP contribution in [0, 0.1) is 0 Å². The second-order valence-electron chi connectivity index (χ2n) is 1.93. The van der Waals surface area contributed by atoms with E-state index in [1.807, 2.05) is 0 Å². The van der Waals surface area contributed by atoms with Crippen molar-refractivity contribution < 1.29 is 39.3 Å². The third-order valence-corrected chi connectivity index (χ3v) is 0.682. The summed E-state index contributed by atoms with van der Waals surface area (Å²) >= 11 is 0. The predicted molar refractivity (Wildman–Crippen MR) is 41.5 cm³/mol. The molecule has 12 heavy (non-hydrogen) atoms. The van der Waals surface area contributed by atoms with Crippen molar-refractivity contribution in [3.05, 3.63) is 0 Å². The third-order valence-electron chi connectivity index (χ3n) is 0.682. The Morgan fingerprint density at radius 3 is 1.17 bits per heavy atom. The standard InChI is InChI=1S/C5H12O2.2CHO.Rh/c1-4(6)3-5(2)7;2*1-2;/h4-7H,3H2,1-2H3;2*1H;/q;2*+1;. The molecule has 0 heterocycles. The first-order valence-electron chi connectivity index (χ1n) is 2.96. The largest absolute Gasteiger partial charge is 0.490 e. The molecule has 73 valence electrons. The van der Waals surface area contributed by atoms with E-state index in [1.54, 1.807) is 13.8 Å². The molecule has 2 atom stereocenters. The van der Waals surface area contributed by atoms with E-state index in [2.05, 4.69) is 13.6 Å². The average Bonchev–Trinajstić information content (AvgIpc) is 1.93. The number of aliphatic hydroxyl groups excluding tert-OH is 2. The Balaban J connectivity index is -0.0000000560. The Morgan fingerprint density at radius 2 is 1.17 bits per heavy atom. The molecule has 0 saturated heterocycles. The quantitative estimate of drug-likeness (QED) is 0.404. The minimum absolute atomic E-state index is 0. The van der Waals surface area contributed by atoms with Gasteiger partial charge in [-0.3, -0.25) is 0 Å². The van der Waals surface area contributed by atoms with Crippen LogP contribution in [-0.4, -0.2) is 36.0 Å². The summed E-state index contributed by atoms with van der Waals surface area (Å²) in [5, 5.41) is 17.1. The Hall–Kier alpha value is -0.297. The van der Waals surface area contributed by atoms with Crippen LogP contribution in [0.15, 0.2) is 0 Å². The van der Waals surface area contributed by atoms with E-state index >= 15 is 0 Å². The molecule has 0 spiro atoms. The van der Waals surface area contributed by atoms with Crippen LogP contribution < -0.4 is 0 Å². The van der Waals surface area contributed by atoms with Crippen LogP contribution in [0.25, 0.3) is 0 Å². The van der Waals surface area contributed by atoms with Gasteiger partial charge in [0.05, 0.1) is 12.2 Å². The summed E-state index contributed by atoms with van der Waals surface area (Å²) < 4.78 is 0. The molecule has 5 heteroatoms. The summed E-state index contributed by atoms with van der Waals surface area (Å²) in [7, 11) is 0. The summed E-state index contributed by atoms with van der Waals surface area (Å²) in [6, 6.07) is 0. The van der Waals surface area contributed by atoms with Crippen LogP contribution in [0.3, 0.4) is 0 Å².